The summed E-state index contributed by atoms with van der Waals surface area (Å²) in [5, 5.41) is 0. The van der Waals surface area contributed by atoms with Crippen molar-refractivity contribution in [3.05, 3.63) is 101 Å². The molecule has 1 unspecified atom stereocenters. The average molecular weight is 467 g/mol. The van der Waals surface area contributed by atoms with Gasteiger partial charge in [0, 0.05) is 18.3 Å². The monoisotopic (exact) mass is 467 g/mol. The van der Waals surface area contributed by atoms with Crippen LogP contribution in [-0.4, -0.2) is 33.2 Å². The number of rotatable bonds is 6. The zero-order chi connectivity index (χ0) is 24.3. The van der Waals surface area contributed by atoms with Crippen LogP contribution in [0.5, 0.6) is 5.75 Å². The molecule has 0 bridgehead atoms. The van der Waals surface area contributed by atoms with Gasteiger partial charge >= 0.3 is 5.97 Å². The van der Waals surface area contributed by atoms with Crippen molar-refractivity contribution in [2.24, 2.45) is 0 Å². The van der Waals surface area contributed by atoms with Crippen molar-refractivity contribution in [1.29, 1.82) is 0 Å². The average Bonchev–Trinajstić information content (AvgIpc) is 2.86. The van der Waals surface area contributed by atoms with Crippen LogP contribution in [0.1, 0.15) is 22.3 Å². The zero-order valence-electron chi connectivity index (χ0n) is 18.8. The number of benzene rings is 3. The first-order valence-corrected chi connectivity index (χ1v) is 10.8. The molecule has 0 N–H and O–H groups in total. The lowest BCUT2D eigenvalue weighted by Gasteiger charge is -2.49. The molecule has 0 saturated heterocycles. The fourth-order valence-corrected chi connectivity index (χ4v) is 4.54. The highest BCUT2D eigenvalue weighted by molar-refractivity contribution is 5.86. The maximum atomic E-state index is 15.3. The van der Waals surface area contributed by atoms with Gasteiger partial charge in [0.15, 0.2) is 5.54 Å². The molecule has 0 radical (unpaired) electrons. The van der Waals surface area contributed by atoms with E-state index in [1.807, 2.05) is 0 Å². The van der Waals surface area contributed by atoms with Crippen LogP contribution in [0.2, 0.25) is 0 Å². The van der Waals surface area contributed by atoms with E-state index in [1.165, 1.54) is 44.6 Å². The Morgan fingerprint density at radius 2 is 1.74 bits per heavy atom. The molecule has 1 aliphatic heterocycles. The molecule has 0 aromatic heterocycles. The van der Waals surface area contributed by atoms with Gasteiger partial charge in [0.05, 0.1) is 14.2 Å². The smallest absolute Gasteiger partial charge is 0.330 e. The Bertz CT molecular complexity index is 1190. The Labute approximate surface area is 196 Å². The van der Waals surface area contributed by atoms with Gasteiger partial charge in [-0.25, -0.2) is 18.0 Å². The van der Waals surface area contributed by atoms with Gasteiger partial charge in [-0.15, -0.1) is 0 Å². The Kier molecular flexibility index (Phi) is 6.63. The number of methoxy groups -OCH3 is 2. The zero-order valence-corrected chi connectivity index (χ0v) is 18.8. The summed E-state index contributed by atoms with van der Waals surface area (Å²) in [5.41, 5.74) is 0.982. The first-order chi connectivity index (χ1) is 16.4. The topological polar surface area (TPSA) is 38.8 Å². The van der Waals surface area contributed by atoms with Gasteiger partial charge in [-0.2, -0.15) is 0 Å². The number of anilines is 1. The molecular formula is C27H24F3NO3. The Balaban J connectivity index is 1.90. The van der Waals surface area contributed by atoms with Crippen molar-refractivity contribution in [3.8, 4) is 5.75 Å². The molecule has 4 rings (SSSR count). The molecule has 1 atom stereocenters. The molecular weight excluding hydrogens is 443 g/mol. The minimum Gasteiger partial charge on any atom is -0.497 e. The van der Waals surface area contributed by atoms with Gasteiger partial charge in [0.2, 0.25) is 0 Å². The third kappa shape index (κ3) is 4.14. The number of halogens is 3. The van der Waals surface area contributed by atoms with E-state index in [1.54, 1.807) is 53.4 Å². The molecule has 4 nitrogen and oxygen atoms in total. The van der Waals surface area contributed by atoms with Crippen LogP contribution >= 0.6 is 0 Å². The number of carbonyl (C=O) groups excluding carboxylic acids is 1. The number of carbonyl (C=O) groups is 1. The Morgan fingerprint density at radius 3 is 2.35 bits per heavy atom. The quantitative estimate of drug-likeness (QED) is 0.350. The van der Waals surface area contributed by atoms with E-state index in [0.717, 1.165) is 5.56 Å². The van der Waals surface area contributed by atoms with E-state index in [2.05, 4.69) is 4.74 Å². The van der Waals surface area contributed by atoms with Crippen molar-refractivity contribution in [3.63, 3.8) is 0 Å². The molecule has 0 saturated carbocycles. The van der Waals surface area contributed by atoms with Crippen LogP contribution in [0.3, 0.4) is 0 Å². The van der Waals surface area contributed by atoms with Gasteiger partial charge in [0.1, 0.15) is 11.6 Å². The van der Waals surface area contributed by atoms with Gasteiger partial charge in [0.25, 0.3) is 6.43 Å². The van der Waals surface area contributed by atoms with Crippen molar-refractivity contribution in [1.82, 2.24) is 0 Å². The molecule has 34 heavy (non-hydrogen) atoms. The second-order valence-electron chi connectivity index (χ2n) is 7.95. The van der Waals surface area contributed by atoms with Gasteiger partial charge in [-0.3, -0.25) is 0 Å². The summed E-state index contributed by atoms with van der Waals surface area (Å²) in [7, 11) is 2.82. The number of hydrogen-bond acceptors (Lipinski definition) is 4. The van der Waals surface area contributed by atoms with Crippen LogP contribution in [0, 0.1) is 5.82 Å². The number of alkyl halides is 2. The van der Waals surface area contributed by atoms with Crippen molar-refractivity contribution < 1.29 is 27.4 Å². The predicted octanol–water partition coefficient (Wildman–Crippen LogP) is 5.59. The molecule has 7 heteroatoms. The Hall–Kier alpha value is -3.74. The number of fused-ring (bicyclic) bond motifs is 1. The second kappa shape index (κ2) is 9.63. The molecule has 0 spiro atoms. The normalized spacial score (nSPS) is 17.6. The summed E-state index contributed by atoms with van der Waals surface area (Å²) in [6, 6.07) is 17.4. The molecule has 3 aromatic carbocycles. The van der Waals surface area contributed by atoms with Crippen LogP contribution in [0.25, 0.3) is 6.08 Å². The lowest BCUT2D eigenvalue weighted by Crippen LogP contribution is -2.56. The standard InChI is InChI=1S/C27H24F3NO3/c1-33-23-12-13-24-19(17-23)15-16-31(22-10-8-21(28)9-11-22)27(24,26(29)30)20-6-3-18(4-7-20)5-14-25(32)34-2/h3-14,17,26H,15-16H2,1-2H3. The summed E-state index contributed by atoms with van der Waals surface area (Å²) >= 11 is 0. The summed E-state index contributed by atoms with van der Waals surface area (Å²) in [5.74, 6) is -0.346. The first-order valence-electron chi connectivity index (χ1n) is 10.8. The third-order valence-electron chi connectivity index (χ3n) is 6.17. The molecule has 0 fully saturated rings. The minimum absolute atomic E-state index is 0.306. The van der Waals surface area contributed by atoms with E-state index < -0.39 is 23.8 Å². The van der Waals surface area contributed by atoms with Gasteiger partial charge in [-0.1, -0.05) is 30.3 Å². The number of nitrogens with zero attached hydrogens (tertiary/aromatic N) is 1. The van der Waals surface area contributed by atoms with Crippen molar-refractivity contribution in [2.75, 3.05) is 25.7 Å². The number of hydrogen-bond donors (Lipinski definition) is 0. The lowest BCUT2D eigenvalue weighted by molar-refractivity contribution is -0.134. The molecule has 176 valence electrons. The summed E-state index contributed by atoms with van der Waals surface area (Å²) in [6.07, 6.45) is 0.548. The third-order valence-corrected chi connectivity index (χ3v) is 6.17. The van der Waals surface area contributed by atoms with Crippen molar-refractivity contribution >= 4 is 17.7 Å². The number of esters is 1. The van der Waals surface area contributed by atoms with Crippen LogP contribution < -0.4 is 9.64 Å². The van der Waals surface area contributed by atoms with Crippen LogP contribution in [-0.2, 0) is 21.5 Å². The molecule has 0 amide bonds. The Morgan fingerprint density at radius 1 is 1.03 bits per heavy atom. The maximum absolute atomic E-state index is 15.3. The van der Waals surface area contributed by atoms with Crippen molar-refractivity contribution in [2.45, 2.75) is 18.4 Å². The maximum Gasteiger partial charge on any atom is 0.330 e. The highest BCUT2D eigenvalue weighted by Crippen LogP contribution is 2.48. The summed E-state index contributed by atoms with van der Waals surface area (Å²) in [6.45, 7) is 0.306. The lowest BCUT2D eigenvalue weighted by atomic mass is 9.75. The second-order valence-corrected chi connectivity index (χ2v) is 7.95. The van der Waals surface area contributed by atoms with E-state index in [-0.39, 0.29) is 0 Å². The highest BCUT2D eigenvalue weighted by Gasteiger charge is 2.51. The molecule has 1 aliphatic rings. The SMILES string of the molecule is COC(=O)C=Cc1ccc(C2(C(F)F)c3ccc(OC)cc3CCN2c2ccc(F)cc2)cc1. The largest absolute Gasteiger partial charge is 0.497 e. The van der Waals surface area contributed by atoms with Crippen LogP contribution in [0.4, 0.5) is 18.9 Å². The highest BCUT2D eigenvalue weighted by atomic mass is 19.3. The van der Waals surface area contributed by atoms with E-state index in [9.17, 15) is 9.18 Å². The predicted molar refractivity (Wildman–Crippen MR) is 125 cm³/mol. The van der Waals surface area contributed by atoms with Crippen LogP contribution in [0.15, 0.2) is 72.8 Å². The van der Waals surface area contributed by atoms with Gasteiger partial charge in [-0.05, 0) is 71.1 Å². The van der Waals surface area contributed by atoms with E-state index in [4.69, 9.17) is 4.74 Å². The summed E-state index contributed by atoms with van der Waals surface area (Å²) < 4.78 is 54.2. The minimum atomic E-state index is -2.80. The van der Waals surface area contributed by atoms with E-state index in [0.29, 0.717) is 41.1 Å². The first kappa shape index (κ1) is 23.4. The van der Waals surface area contributed by atoms with E-state index >= 15 is 8.78 Å². The fourth-order valence-electron chi connectivity index (χ4n) is 4.54. The molecule has 1 heterocycles. The molecule has 3 aromatic rings. The van der Waals surface area contributed by atoms with Gasteiger partial charge < -0.3 is 14.4 Å². The molecule has 0 aliphatic carbocycles. The number of ether oxygens (including phenoxy) is 2. The summed E-state index contributed by atoms with van der Waals surface area (Å²) in [4.78, 5) is 13.0. The fraction of sp³-hybridized carbons (Fsp3) is 0.222.